The van der Waals surface area contributed by atoms with Gasteiger partial charge in [0.25, 0.3) is 0 Å². The largest absolute Gasteiger partial charge is 0.449 e. The van der Waals surface area contributed by atoms with Gasteiger partial charge < -0.3 is 9.15 Å². The smallest absolute Gasteiger partial charge is 0.379 e. The number of para-hydroxylation sites is 1. The van der Waals surface area contributed by atoms with Crippen molar-refractivity contribution in [1.29, 1.82) is 0 Å². The number of halogens is 1. The van der Waals surface area contributed by atoms with E-state index < -0.39 is 5.97 Å². The van der Waals surface area contributed by atoms with E-state index in [9.17, 15) is 4.79 Å². The minimum atomic E-state index is -0.518. The molecule has 122 valence electrons. The molecule has 0 radical (unpaired) electrons. The van der Waals surface area contributed by atoms with Crippen LogP contribution in [0, 0.1) is 0 Å². The van der Waals surface area contributed by atoms with Crippen molar-refractivity contribution in [2.45, 2.75) is 0 Å². The summed E-state index contributed by atoms with van der Waals surface area (Å²) >= 11 is 3.41. The molecule has 0 saturated heterocycles. The van der Waals surface area contributed by atoms with E-state index in [0.717, 1.165) is 21.0 Å². The van der Waals surface area contributed by atoms with E-state index >= 15 is 0 Å². The number of furan rings is 1. The first-order valence-corrected chi connectivity index (χ1v) is 8.56. The standard InChI is InChI=1S/C21H13BrO3/c22-16-10-11-18-15(12-16)13-20(24-18)21(23)25-19-9-5-4-8-17(19)14-6-2-1-3-7-14/h1-13H. The zero-order valence-electron chi connectivity index (χ0n) is 13.1. The third-order valence-corrected chi connectivity index (χ3v) is 4.35. The summed E-state index contributed by atoms with van der Waals surface area (Å²) in [4.78, 5) is 12.5. The number of carbonyl (C=O) groups excluding carboxylic acids is 1. The van der Waals surface area contributed by atoms with Crippen LogP contribution < -0.4 is 4.74 Å². The Labute approximate surface area is 153 Å². The van der Waals surface area contributed by atoms with Crippen molar-refractivity contribution in [3.8, 4) is 16.9 Å². The fourth-order valence-corrected chi connectivity index (χ4v) is 3.06. The van der Waals surface area contributed by atoms with Gasteiger partial charge in [-0.15, -0.1) is 0 Å². The molecule has 0 amide bonds. The van der Waals surface area contributed by atoms with Crippen LogP contribution in [0.25, 0.3) is 22.1 Å². The second-order valence-electron chi connectivity index (χ2n) is 5.54. The van der Waals surface area contributed by atoms with Gasteiger partial charge in [0.2, 0.25) is 5.76 Å². The summed E-state index contributed by atoms with van der Waals surface area (Å²) in [6, 6.07) is 24.5. The molecule has 0 aliphatic carbocycles. The Morgan fingerprint density at radius 2 is 1.64 bits per heavy atom. The molecule has 4 rings (SSSR count). The molecule has 0 atom stereocenters. The minimum absolute atomic E-state index is 0.177. The summed E-state index contributed by atoms with van der Waals surface area (Å²) in [5, 5.41) is 0.845. The summed E-state index contributed by atoms with van der Waals surface area (Å²) in [6.45, 7) is 0. The number of ether oxygens (including phenoxy) is 1. The Bertz CT molecular complexity index is 1050. The summed E-state index contributed by atoms with van der Waals surface area (Å²) in [5.41, 5.74) is 2.49. The molecule has 0 N–H and O–H groups in total. The lowest BCUT2D eigenvalue weighted by molar-refractivity contribution is 0.0705. The van der Waals surface area contributed by atoms with Gasteiger partial charge in [0.1, 0.15) is 11.3 Å². The maximum Gasteiger partial charge on any atom is 0.379 e. The first-order valence-electron chi connectivity index (χ1n) is 7.76. The molecule has 0 bridgehead atoms. The second-order valence-corrected chi connectivity index (χ2v) is 6.46. The molecule has 4 aromatic rings. The SMILES string of the molecule is O=C(Oc1ccccc1-c1ccccc1)c1cc2cc(Br)ccc2o1. The third kappa shape index (κ3) is 3.21. The normalized spacial score (nSPS) is 10.8. The zero-order valence-corrected chi connectivity index (χ0v) is 14.7. The van der Waals surface area contributed by atoms with Crippen molar-refractivity contribution in [2.24, 2.45) is 0 Å². The number of carbonyl (C=O) groups is 1. The molecule has 1 heterocycles. The molecular weight excluding hydrogens is 380 g/mol. The van der Waals surface area contributed by atoms with E-state index in [1.807, 2.05) is 66.7 Å². The van der Waals surface area contributed by atoms with Crippen LogP contribution in [0.1, 0.15) is 10.6 Å². The number of fused-ring (bicyclic) bond motifs is 1. The van der Waals surface area contributed by atoms with E-state index in [0.29, 0.717) is 11.3 Å². The van der Waals surface area contributed by atoms with Gasteiger partial charge >= 0.3 is 5.97 Å². The average Bonchev–Trinajstić information content (AvgIpc) is 3.06. The monoisotopic (exact) mass is 392 g/mol. The van der Waals surface area contributed by atoms with Crippen LogP contribution >= 0.6 is 15.9 Å². The van der Waals surface area contributed by atoms with Crippen molar-refractivity contribution in [3.63, 3.8) is 0 Å². The lowest BCUT2D eigenvalue weighted by Crippen LogP contribution is -2.07. The molecular formula is C21H13BrO3. The summed E-state index contributed by atoms with van der Waals surface area (Å²) in [7, 11) is 0. The van der Waals surface area contributed by atoms with Crippen LogP contribution in [-0.2, 0) is 0 Å². The first kappa shape index (κ1) is 15.7. The fourth-order valence-electron chi connectivity index (χ4n) is 2.68. The minimum Gasteiger partial charge on any atom is -0.449 e. The van der Waals surface area contributed by atoms with E-state index in [1.165, 1.54) is 0 Å². The average molecular weight is 393 g/mol. The number of esters is 1. The highest BCUT2D eigenvalue weighted by Crippen LogP contribution is 2.31. The molecule has 3 aromatic carbocycles. The highest BCUT2D eigenvalue weighted by Gasteiger charge is 2.17. The van der Waals surface area contributed by atoms with Gasteiger partial charge in [-0.3, -0.25) is 0 Å². The molecule has 0 fully saturated rings. The second kappa shape index (κ2) is 6.57. The Morgan fingerprint density at radius 3 is 2.48 bits per heavy atom. The van der Waals surface area contributed by atoms with Crippen molar-refractivity contribution < 1.29 is 13.9 Å². The number of hydrogen-bond acceptors (Lipinski definition) is 3. The summed E-state index contributed by atoms with van der Waals surface area (Å²) in [6.07, 6.45) is 0. The number of benzene rings is 3. The molecule has 25 heavy (non-hydrogen) atoms. The third-order valence-electron chi connectivity index (χ3n) is 3.85. The van der Waals surface area contributed by atoms with Crippen LogP contribution in [0.5, 0.6) is 5.75 Å². The van der Waals surface area contributed by atoms with Crippen molar-refractivity contribution in [1.82, 2.24) is 0 Å². The van der Waals surface area contributed by atoms with Gasteiger partial charge in [-0.1, -0.05) is 64.5 Å². The molecule has 1 aromatic heterocycles. The Balaban J connectivity index is 1.67. The van der Waals surface area contributed by atoms with Gasteiger partial charge in [0.15, 0.2) is 0 Å². The lowest BCUT2D eigenvalue weighted by atomic mass is 10.1. The van der Waals surface area contributed by atoms with Crippen LogP contribution in [0.2, 0.25) is 0 Å². The predicted molar refractivity (Wildman–Crippen MR) is 101 cm³/mol. The zero-order chi connectivity index (χ0) is 17.2. The Kier molecular flexibility index (Phi) is 4.12. The molecule has 4 heteroatoms. The molecule has 0 unspecified atom stereocenters. The van der Waals surface area contributed by atoms with Crippen LogP contribution in [0.4, 0.5) is 0 Å². The van der Waals surface area contributed by atoms with Crippen LogP contribution in [-0.4, -0.2) is 5.97 Å². The predicted octanol–water partition coefficient (Wildman–Crippen LogP) is 6.08. The van der Waals surface area contributed by atoms with Crippen molar-refractivity contribution >= 4 is 32.9 Å². The maximum absolute atomic E-state index is 12.5. The Morgan fingerprint density at radius 1 is 0.880 bits per heavy atom. The Hall–Kier alpha value is -2.85. The van der Waals surface area contributed by atoms with E-state index in [-0.39, 0.29) is 5.76 Å². The molecule has 0 aliphatic heterocycles. The first-order chi connectivity index (χ1) is 12.2. The van der Waals surface area contributed by atoms with E-state index in [4.69, 9.17) is 9.15 Å². The molecule has 0 saturated carbocycles. The summed E-state index contributed by atoms with van der Waals surface area (Å²) in [5.74, 6) is 0.159. The fraction of sp³-hybridized carbons (Fsp3) is 0. The van der Waals surface area contributed by atoms with Gasteiger partial charge in [0.05, 0.1) is 0 Å². The molecule has 0 spiro atoms. The lowest BCUT2D eigenvalue weighted by Gasteiger charge is -2.09. The summed E-state index contributed by atoms with van der Waals surface area (Å²) < 4.78 is 12.1. The molecule has 3 nitrogen and oxygen atoms in total. The van der Waals surface area contributed by atoms with E-state index in [1.54, 1.807) is 12.1 Å². The van der Waals surface area contributed by atoms with Gasteiger partial charge in [-0.05, 0) is 35.9 Å². The number of hydrogen-bond donors (Lipinski definition) is 0. The number of rotatable bonds is 3. The van der Waals surface area contributed by atoms with Crippen molar-refractivity contribution in [3.05, 3.63) is 89.1 Å². The van der Waals surface area contributed by atoms with E-state index in [2.05, 4.69) is 15.9 Å². The van der Waals surface area contributed by atoms with Crippen molar-refractivity contribution in [2.75, 3.05) is 0 Å². The highest BCUT2D eigenvalue weighted by molar-refractivity contribution is 9.10. The van der Waals surface area contributed by atoms with Crippen LogP contribution in [0.15, 0.2) is 87.8 Å². The molecule has 0 aliphatic rings. The topological polar surface area (TPSA) is 39.4 Å². The van der Waals surface area contributed by atoms with Gasteiger partial charge in [-0.25, -0.2) is 4.79 Å². The van der Waals surface area contributed by atoms with Crippen LogP contribution in [0.3, 0.4) is 0 Å². The van der Waals surface area contributed by atoms with Gasteiger partial charge in [0, 0.05) is 15.4 Å². The quantitative estimate of drug-likeness (QED) is 0.313. The highest BCUT2D eigenvalue weighted by atomic mass is 79.9. The maximum atomic E-state index is 12.5. The van der Waals surface area contributed by atoms with Gasteiger partial charge in [-0.2, -0.15) is 0 Å².